The number of nitrogens with zero attached hydrogens (tertiary/aromatic N) is 1. The molecule has 1 aromatic heterocycles. The Labute approximate surface area is 131 Å². The third kappa shape index (κ3) is 4.71. The van der Waals surface area contributed by atoms with E-state index >= 15 is 0 Å². The van der Waals surface area contributed by atoms with Crippen molar-refractivity contribution in [1.82, 2.24) is 4.98 Å². The van der Waals surface area contributed by atoms with Gasteiger partial charge in [-0.3, -0.25) is 4.79 Å². The van der Waals surface area contributed by atoms with Gasteiger partial charge in [0.25, 0.3) is 0 Å². The summed E-state index contributed by atoms with van der Waals surface area (Å²) in [7, 11) is 0. The van der Waals surface area contributed by atoms with E-state index < -0.39 is 0 Å². The Kier molecular flexibility index (Phi) is 5.57. The number of Topliss-reactive ketones (excluding diaryl/α,β-unsaturated/α-hetero) is 1. The summed E-state index contributed by atoms with van der Waals surface area (Å²) in [5.41, 5.74) is 4.25. The molecular formula is C18H21NOS. The monoisotopic (exact) mass is 299 g/mol. The number of hydrogen-bond donors (Lipinski definition) is 0. The lowest BCUT2D eigenvalue weighted by Crippen LogP contribution is -2.03. The fourth-order valence-corrected chi connectivity index (χ4v) is 3.17. The Balaban J connectivity index is 1.97. The molecule has 2 rings (SSSR count). The maximum absolute atomic E-state index is 12.2. The largest absolute Gasteiger partial charge is 0.293 e. The van der Waals surface area contributed by atoms with Gasteiger partial charge >= 0.3 is 0 Å². The molecule has 110 valence electrons. The quantitative estimate of drug-likeness (QED) is 0.575. The molecule has 0 fully saturated rings. The van der Waals surface area contributed by atoms with E-state index in [-0.39, 0.29) is 5.78 Å². The smallest absolute Gasteiger partial charge is 0.173 e. The number of pyridine rings is 1. The molecule has 0 aliphatic heterocycles. The Morgan fingerprint density at radius 1 is 1.14 bits per heavy atom. The van der Waals surface area contributed by atoms with Crippen LogP contribution in [-0.2, 0) is 6.42 Å². The Hall–Kier alpha value is -1.61. The van der Waals surface area contributed by atoms with Crippen molar-refractivity contribution in [3.05, 3.63) is 58.8 Å². The fraction of sp³-hybridized carbons (Fsp3) is 0.333. The van der Waals surface area contributed by atoms with E-state index in [9.17, 15) is 4.79 Å². The summed E-state index contributed by atoms with van der Waals surface area (Å²) in [5, 5.41) is 0.920. The molecule has 2 nitrogen and oxygen atoms in total. The SMILES string of the molecule is CCCc1ccc(C(=O)CSc2cc(C)cc(C)n2)cc1. The van der Waals surface area contributed by atoms with E-state index in [1.807, 2.05) is 38.1 Å². The van der Waals surface area contributed by atoms with Crippen LogP contribution >= 0.6 is 11.8 Å². The predicted octanol–water partition coefficient (Wildman–Crippen LogP) is 4.63. The topological polar surface area (TPSA) is 30.0 Å². The van der Waals surface area contributed by atoms with Gasteiger partial charge in [0.2, 0.25) is 0 Å². The minimum absolute atomic E-state index is 0.156. The summed E-state index contributed by atoms with van der Waals surface area (Å²) in [4.78, 5) is 16.7. The molecular weight excluding hydrogens is 278 g/mol. The zero-order valence-corrected chi connectivity index (χ0v) is 13.7. The van der Waals surface area contributed by atoms with Crippen molar-refractivity contribution in [1.29, 1.82) is 0 Å². The third-order valence-electron chi connectivity index (χ3n) is 3.24. The Bertz CT molecular complexity index is 599. The normalized spacial score (nSPS) is 10.6. The first-order valence-electron chi connectivity index (χ1n) is 7.28. The number of carbonyl (C=O) groups excluding carboxylic acids is 1. The number of ketones is 1. The fourth-order valence-electron chi connectivity index (χ4n) is 2.25. The summed E-state index contributed by atoms with van der Waals surface area (Å²) >= 11 is 1.51. The van der Waals surface area contributed by atoms with Crippen molar-refractivity contribution in [3.63, 3.8) is 0 Å². The molecule has 2 aromatic rings. The average Bonchev–Trinajstić information content (AvgIpc) is 2.45. The highest BCUT2D eigenvalue weighted by Crippen LogP contribution is 2.19. The highest BCUT2D eigenvalue weighted by molar-refractivity contribution is 7.99. The van der Waals surface area contributed by atoms with Crippen LogP contribution in [0.5, 0.6) is 0 Å². The van der Waals surface area contributed by atoms with Crippen LogP contribution in [0.25, 0.3) is 0 Å². The van der Waals surface area contributed by atoms with Crippen LogP contribution in [0.1, 0.15) is 40.5 Å². The van der Waals surface area contributed by atoms with Crippen molar-refractivity contribution < 1.29 is 4.79 Å². The molecule has 1 aromatic carbocycles. The van der Waals surface area contributed by atoms with Crippen molar-refractivity contribution in [3.8, 4) is 0 Å². The van der Waals surface area contributed by atoms with Crippen LogP contribution in [0, 0.1) is 13.8 Å². The van der Waals surface area contributed by atoms with Gasteiger partial charge < -0.3 is 0 Å². The van der Waals surface area contributed by atoms with E-state index in [4.69, 9.17) is 0 Å². The third-order valence-corrected chi connectivity index (χ3v) is 4.15. The van der Waals surface area contributed by atoms with Gasteiger partial charge in [0.15, 0.2) is 5.78 Å². The second-order valence-corrected chi connectivity index (χ2v) is 6.28. The minimum atomic E-state index is 0.156. The Morgan fingerprint density at radius 3 is 2.48 bits per heavy atom. The first kappa shape index (κ1) is 15.8. The molecule has 0 saturated heterocycles. The number of benzene rings is 1. The molecule has 0 radical (unpaired) electrons. The lowest BCUT2D eigenvalue weighted by molar-refractivity contribution is 0.102. The summed E-state index contributed by atoms with van der Waals surface area (Å²) in [5.74, 6) is 0.590. The molecule has 0 unspecified atom stereocenters. The summed E-state index contributed by atoms with van der Waals surface area (Å²) in [6.45, 7) is 6.19. The maximum Gasteiger partial charge on any atom is 0.173 e. The number of hydrogen-bond acceptors (Lipinski definition) is 3. The van der Waals surface area contributed by atoms with Gasteiger partial charge in [-0.25, -0.2) is 4.98 Å². The minimum Gasteiger partial charge on any atom is -0.293 e. The van der Waals surface area contributed by atoms with E-state index in [1.165, 1.54) is 22.9 Å². The molecule has 0 amide bonds. The zero-order chi connectivity index (χ0) is 15.2. The van der Waals surface area contributed by atoms with Gasteiger partial charge in [0.05, 0.1) is 10.8 Å². The van der Waals surface area contributed by atoms with Gasteiger partial charge in [-0.1, -0.05) is 49.4 Å². The number of aryl methyl sites for hydroxylation is 3. The highest BCUT2D eigenvalue weighted by Gasteiger charge is 2.08. The van der Waals surface area contributed by atoms with E-state index in [2.05, 4.69) is 24.0 Å². The molecule has 21 heavy (non-hydrogen) atoms. The maximum atomic E-state index is 12.2. The number of carbonyl (C=O) groups is 1. The molecule has 0 atom stereocenters. The standard InChI is InChI=1S/C18H21NOS/c1-4-5-15-6-8-16(9-7-15)17(20)12-21-18-11-13(2)10-14(3)19-18/h6-11H,4-5,12H2,1-3H3. The van der Waals surface area contributed by atoms with E-state index in [0.717, 1.165) is 29.1 Å². The zero-order valence-electron chi connectivity index (χ0n) is 12.8. The molecule has 1 heterocycles. The summed E-state index contributed by atoms with van der Waals surface area (Å²) in [6, 6.07) is 12.0. The molecule has 0 N–H and O–H groups in total. The lowest BCUT2D eigenvalue weighted by Gasteiger charge is -2.05. The van der Waals surface area contributed by atoms with Crippen molar-refractivity contribution in [2.24, 2.45) is 0 Å². The molecule has 0 saturated carbocycles. The molecule has 0 spiro atoms. The van der Waals surface area contributed by atoms with Gasteiger partial charge in [-0.15, -0.1) is 0 Å². The van der Waals surface area contributed by atoms with Gasteiger partial charge in [0.1, 0.15) is 0 Å². The van der Waals surface area contributed by atoms with Crippen molar-refractivity contribution in [2.75, 3.05) is 5.75 Å². The van der Waals surface area contributed by atoms with Crippen LogP contribution in [0.2, 0.25) is 0 Å². The van der Waals surface area contributed by atoms with Crippen LogP contribution < -0.4 is 0 Å². The first-order valence-corrected chi connectivity index (χ1v) is 8.27. The van der Waals surface area contributed by atoms with E-state index in [1.54, 1.807) is 0 Å². The van der Waals surface area contributed by atoms with E-state index in [0.29, 0.717) is 5.75 Å². The molecule has 0 aliphatic rings. The van der Waals surface area contributed by atoms with Crippen molar-refractivity contribution in [2.45, 2.75) is 38.6 Å². The lowest BCUT2D eigenvalue weighted by atomic mass is 10.1. The van der Waals surface area contributed by atoms with Gasteiger partial charge in [0, 0.05) is 11.3 Å². The summed E-state index contributed by atoms with van der Waals surface area (Å²) in [6.07, 6.45) is 2.19. The Morgan fingerprint density at radius 2 is 1.86 bits per heavy atom. The van der Waals surface area contributed by atoms with Gasteiger partial charge in [-0.05, 0) is 43.5 Å². The van der Waals surface area contributed by atoms with Crippen LogP contribution in [0.15, 0.2) is 41.4 Å². The average molecular weight is 299 g/mol. The van der Waals surface area contributed by atoms with Crippen LogP contribution in [0.4, 0.5) is 0 Å². The van der Waals surface area contributed by atoms with Crippen molar-refractivity contribution >= 4 is 17.5 Å². The van der Waals surface area contributed by atoms with Gasteiger partial charge in [-0.2, -0.15) is 0 Å². The highest BCUT2D eigenvalue weighted by atomic mass is 32.2. The summed E-state index contributed by atoms with van der Waals surface area (Å²) < 4.78 is 0. The number of aromatic nitrogens is 1. The second-order valence-electron chi connectivity index (χ2n) is 5.28. The number of thioether (sulfide) groups is 1. The van der Waals surface area contributed by atoms with Crippen LogP contribution in [-0.4, -0.2) is 16.5 Å². The number of rotatable bonds is 6. The molecule has 3 heteroatoms. The second kappa shape index (κ2) is 7.41. The predicted molar refractivity (Wildman–Crippen MR) is 89.2 cm³/mol. The first-order chi connectivity index (χ1) is 10.1. The van der Waals surface area contributed by atoms with Crippen LogP contribution in [0.3, 0.4) is 0 Å². The molecule has 0 aliphatic carbocycles. The molecule has 0 bridgehead atoms.